The van der Waals surface area contributed by atoms with Crippen LogP contribution in [0, 0.1) is 0 Å². The zero-order chi connectivity index (χ0) is 13.1. The normalized spacial score (nSPS) is 25.0. The lowest BCUT2D eigenvalue weighted by Gasteiger charge is -2.25. The number of nitrogens with one attached hydrogen (secondary N) is 1. The second-order valence-electron chi connectivity index (χ2n) is 5.68. The van der Waals surface area contributed by atoms with Crippen LogP contribution >= 0.6 is 0 Å². The van der Waals surface area contributed by atoms with Crippen LogP contribution in [0.25, 0.3) is 0 Å². The second kappa shape index (κ2) is 5.88. The summed E-state index contributed by atoms with van der Waals surface area (Å²) in [7, 11) is 1.93. The highest BCUT2D eigenvalue weighted by molar-refractivity contribution is 5.34. The molecule has 0 aliphatic carbocycles. The highest BCUT2D eigenvalue weighted by Gasteiger charge is 2.28. The summed E-state index contributed by atoms with van der Waals surface area (Å²) in [5, 5.41) is 3.12. The standard InChI is InChI=1S/C15H24N4/c1-16-15-7-2-5-13(17-15)11-18-8-4-10-19-9-3-6-14(19)12-18/h2,5,7,14H,3-4,6,8-12H2,1H3,(H,16,17). The topological polar surface area (TPSA) is 31.4 Å². The van der Waals surface area contributed by atoms with E-state index in [1.807, 2.05) is 13.1 Å². The first-order valence-corrected chi connectivity index (χ1v) is 7.45. The van der Waals surface area contributed by atoms with Crippen LogP contribution in [-0.2, 0) is 6.54 Å². The zero-order valence-corrected chi connectivity index (χ0v) is 11.8. The summed E-state index contributed by atoms with van der Waals surface area (Å²) in [6.07, 6.45) is 4.05. The Hall–Kier alpha value is -1.13. The smallest absolute Gasteiger partial charge is 0.126 e. The van der Waals surface area contributed by atoms with Gasteiger partial charge in [-0.3, -0.25) is 9.80 Å². The van der Waals surface area contributed by atoms with Crippen LogP contribution in [0.1, 0.15) is 25.0 Å². The van der Waals surface area contributed by atoms with Gasteiger partial charge in [0.1, 0.15) is 5.82 Å². The molecule has 1 N–H and O–H groups in total. The van der Waals surface area contributed by atoms with E-state index in [4.69, 9.17) is 0 Å². The van der Waals surface area contributed by atoms with Gasteiger partial charge in [0.05, 0.1) is 5.69 Å². The molecule has 1 aromatic heterocycles. The lowest BCUT2D eigenvalue weighted by molar-refractivity contribution is 0.214. The molecular weight excluding hydrogens is 236 g/mol. The van der Waals surface area contributed by atoms with Crippen LogP contribution in [0.3, 0.4) is 0 Å². The third-order valence-electron chi connectivity index (χ3n) is 4.34. The molecule has 3 heterocycles. The van der Waals surface area contributed by atoms with Gasteiger partial charge >= 0.3 is 0 Å². The van der Waals surface area contributed by atoms with E-state index < -0.39 is 0 Å². The number of aromatic nitrogens is 1. The minimum Gasteiger partial charge on any atom is -0.373 e. The van der Waals surface area contributed by atoms with Gasteiger partial charge < -0.3 is 5.32 Å². The van der Waals surface area contributed by atoms with Gasteiger partial charge in [-0.2, -0.15) is 0 Å². The number of hydrogen-bond acceptors (Lipinski definition) is 4. The number of nitrogens with zero attached hydrogens (tertiary/aromatic N) is 3. The summed E-state index contributed by atoms with van der Waals surface area (Å²) in [4.78, 5) is 9.89. The van der Waals surface area contributed by atoms with Crippen molar-refractivity contribution in [1.82, 2.24) is 14.8 Å². The third kappa shape index (κ3) is 3.07. The van der Waals surface area contributed by atoms with Crippen LogP contribution in [0.5, 0.6) is 0 Å². The SMILES string of the molecule is CNc1cccc(CN2CCCN3CCCC3C2)n1. The monoisotopic (exact) mass is 260 g/mol. The van der Waals surface area contributed by atoms with Gasteiger partial charge in [0.15, 0.2) is 0 Å². The van der Waals surface area contributed by atoms with E-state index in [0.717, 1.165) is 18.4 Å². The van der Waals surface area contributed by atoms with E-state index in [0.29, 0.717) is 0 Å². The Morgan fingerprint density at radius 2 is 2.16 bits per heavy atom. The molecule has 2 saturated heterocycles. The zero-order valence-electron chi connectivity index (χ0n) is 11.8. The van der Waals surface area contributed by atoms with Crippen LogP contribution in [0.15, 0.2) is 18.2 Å². The average molecular weight is 260 g/mol. The van der Waals surface area contributed by atoms with Crippen LogP contribution in [0.2, 0.25) is 0 Å². The van der Waals surface area contributed by atoms with Crippen molar-refractivity contribution in [2.75, 3.05) is 38.5 Å². The van der Waals surface area contributed by atoms with Crippen molar-refractivity contribution in [3.05, 3.63) is 23.9 Å². The van der Waals surface area contributed by atoms with Gasteiger partial charge in [-0.15, -0.1) is 0 Å². The summed E-state index contributed by atoms with van der Waals surface area (Å²) in [6, 6.07) is 7.03. The largest absolute Gasteiger partial charge is 0.373 e. The first-order chi connectivity index (χ1) is 9.35. The molecule has 19 heavy (non-hydrogen) atoms. The van der Waals surface area contributed by atoms with E-state index in [1.165, 1.54) is 51.1 Å². The van der Waals surface area contributed by atoms with Gasteiger partial charge in [-0.25, -0.2) is 4.98 Å². The fourth-order valence-corrected chi connectivity index (χ4v) is 3.36. The number of anilines is 1. The molecule has 3 rings (SSSR count). The quantitative estimate of drug-likeness (QED) is 0.898. The molecular formula is C15H24N4. The second-order valence-corrected chi connectivity index (χ2v) is 5.68. The summed E-state index contributed by atoms with van der Waals surface area (Å²) in [5.74, 6) is 0.967. The summed E-state index contributed by atoms with van der Waals surface area (Å²) in [5.41, 5.74) is 1.18. The minimum atomic E-state index is 0.787. The van der Waals surface area contributed by atoms with E-state index in [-0.39, 0.29) is 0 Å². The molecule has 4 heteroatoms. The number of rotatable bonds is 3. The first-order valence-electron chi connectivity index (χ1n) is 7.45. The lowest BCUT2D eigenvalue weighted by atomic mass is 10.2. The highest BCUT2D eigenvalue weighted by Crippen LogP contribution is 2.22. The lowest BCUT2D eigenvalue weighted by Crippen LogP contribution is -2.36. The fraction of sp³-hybridized carbons (Fsp3) is 0.667. The van der Waals surface area contributed by atoms with Gasteiger partial charge in [0.25, 0.3) is 0 Å². The molecule has 2 fully saturated rings. The Morgan fingerprint density at radius 3 is 3.05 bits per heavy atom. The van der Waals surface area contributed by atoms with Crippen LogP contribution in [-0.4, -0.2) is 54.1 Å². The Morgan fingerprint density at radius 1 is 1.26 bits per heavy atom. The molecule has 0 aromatic carbocycles. The van der Waals surface area contributed by atoms with Crippen molar-refractivity contribution in [3.63, 3.8) is 0 Å². The Kier molecular flexibility index (Phi) is 3.99. The van der Waals surface area contributed by atoms with E-state index >= 15 is 0 Å². The number of pyridine rings is 1. The molecule has 4 nitrogen and oxygen atoms in total. The minimum absolute atomic E-state index is 0.787. The molecule has 1 aromatic rings. The predicted molar refractivity (Wildman–Crippen MR) is 78.3 cm³/mol. The van der Waals surface area contributed by atoms with Crippen molar-refractivity contribution in [2.24, 2.45) is 0 Å². The third-order valence-corrected chi connectivity index (χ3v) is 4.34. The van der Waals surface area contributed by atoms with Crippen LogP contribution in [0.4, 0.5) is 5.82 Å². The van der Waals surface area contributed by atoms with Crippen molar-refractivity contribution in [3.8, 4) is 0 Å². The molecule has 104 valence electrons. The number of fused-ring (bicyclic) bond motifs is 1. The van der Waals surface area contributed by atoms with Crippen molar-refractivity contribution < 1.29 is 0 Å². The van der Waals surface area contributed by atoms with Gasteiger partial charge in [-0.05, 0) is 51.0 Å². The molecule has 0 spiro atoms. The summed E-state index contributed by atoms with van der Waals surface area (Å²) < 4.78 is 0. The fourth-order valence-electron chi connectivity index (χ4n) is 3.36. The van der Waals surface area contributed by atoms with Crippen molar-refractivity contribution in [2.45, 2.75) is 31.8 Å². The molecule has 0 amide bonds. The maximum Gasteiger partial charge on any atom is 0.126 e. The van der Waals surface area contributed by atoms with Crippen LogP contribution < -0.4 is 5.32 Å². The molecule has 2 aliphatic heterocycles. The first kappa shape index (κ1) is 12.9. The molecule has 0 radical (unpaired) electrons. The van der Waals surface area contributed by atoms with Crippen molar-refractivity contribution >= 4 is 5.82 Å². The number of hydrogen-bond donors (Lipinski definition) is 1. The maximum absolute atomic E-state index is 4.64. The van der Waals surface area contributed by atoms with Gasteiger partial charge in [0, 0.05) is 26.2 Å². The highest BCUT2D eigenvalue weighted by atomic mass is 15.3. The molecule has 1 atom stereocenters. The van der Waals surface area contributed by atoms with Crippen molar-refractivity contribution in [1.29, 1.82) is 0 Å². The van der Waals surface area contributed by atoms with Gasteiger partial charge in [0.2, 0.25) is 0 Å². The maximum atomic E-state index is 4.64. The average Bonchev–Trinajstić information content (AvgIpc) is 2.78. The van der Waals surface area contributed by atoms with E-state index in [2.05, 4.69) is 32.2 Å². The van der Waals surface area contributed by atoms with E-state index in [9.17, 15) is 0 Å². The molecule has 0 bridgehead atoms. The Balaban J connectivity index is 1.65. The van der Waals surface area contributed by atoms with Gasteiger partial charge in [-0.1, -0.05) is 6.07 Å². The Labute approximate surface area is 115 Å². The summed E-state index contributed by atoms with van der Waals surface area (Å²) >= 11 is 0. The molecule has 2 aliphatic rings. The Bertz CT molecular complexity index is 420. The summed E-state index contributed by atoms with van der Waals surface area (Å²) in [6.45, 7) is 6.00. The molecule has 0 saturated carbocycles. The van der Waals surface area contributed by atoms with E-state index in [1.54, 1.807) is 0 Å². The molecule has 1 unspecified atom stereocenters. The predicted octanol–water partition coefficient (Wildman–Crippen LogP) is 1.79.